The zero-order chi connectivity index (χ0) is 20.1. The lowest BCUT2D eigenvalue weighted by Crippen LogP contribution is -2.36. The normalized spacial score (nSPS) is 14.3. The van der Waals surface area contributed by atoms with E-state index in [0.717, 1.165) is 48.3 Å². The molecular formula is C23H23N3O3. The number of rotatable bonds is 5. The fourth-order valence-corrected chi connectivity index (χ4v) is 3.38. The van der Waals surface area contributed by atoms with Gasteiger partial charge in [0.05, 0.1) is 32.1 Å². The molecule has 0 atom stereocenters. The summed E-state index contributed by atoms with van der Waals surface area (Å²) in [6.45, 7) is 3.31. The first kappa shape index (κ1) is 19.0. The number of carbonyl (C=O) groups excluding carboxylic acids is 1. The summed E-state index contributed by atoms with van der Waals surface area (Å²) in [5.41, 5.74) is 5.11. The van der Waals surface area contributed by atoms with Crippen LogP contribution in [0.3, 0.4) is 0 Å². The smallest absolute Gasteiger partial charge is 0.275 e. The summed E-state index contributed by atoms with van der Waals surface area (Å²) < 4.78 is 10.8. The standard InChI is InChI=1S/C23H23N3O3/c1-28-22-15-19-5-3-2-4-18(19)14-21(22)23(27)25-24-16-17-6-8-20(9-7-17)26-10-12-29-13-11-26/h2-9,14-16H,10-13H2,1H3,(H,25,27)/b24-16-. The molecule has 1 heterocycles. The second-order valence-electron chi connectivity index (χ2n) is 6.79. The van der Waals surface area contributed by atoms with Crippen molar-refractivity contribution in [2.45, 2.75) is 0 Å². The van der Waals surface area contributed by atoms with Crippen LogP contribution in [-0.4, -0.2) is 45.5 Å². The zero-order valence-corrected chi connectivity index (χ0v) is 16.3. The van der Waals surface area contributed by atoms with Crippen LogP contribution in [0.15, 0.2) is 65.8 Å². The molecule has 1 saturated heterocycles. The lowest BCUT2D eigenvalue weighted by molar-refractivity contribution is 0.0952. The van der Waals surface area contributed by atoms with E-state index in [2.05, 4.69) is 27.6 Å². The first-order valence-corrected chi connectivity index (χ1v) is 9.57. The third-order valence-corrected chi connectivity index (χ3v) is 4.96. The highest BCUT2D eigenvalue weighted by atomic mass is 16.5. The molecule has 0 aromatic heterocycles. The molecule has 6 nitrogen and oxygen atoms in total. The minimum absolute atomic E-state index is 0.311. The number of nitrogens with zero attached hydrogens (tertiary/aromatic N) is 2. The number of nitrogens with one attached hydrogen (secondary N) is 1. The summed E-state index contributed by atoms with van der Waals surface area (Å²) in [5.74, 6) is 0.208. The molecule has 4 rings (SSSR count). The fraction of sp³-hybridized carbons (Fsp3) is 0.217. The van der Waals surface area contributed by atoms with E-state index < -0.39 is 0 Å². The predicted molar refractivity (Wildman–Crippen MR) is 115 cm³/mol. The third-order valence-electron chi connectivity index (χ3n) is 4.96. The van der Waals surface area contributed by atoms with E-state index in [1.54, 1.807) is 13.3 Å². The number of ether oxygens (including phenoxy) is 2. The van der Waals surface area contributed by atoms with Gasteiger partial charge in [0, 0.05) is 18.8 Å². The number of hydrazone groups is 1. The quantitative estimate of drug-likeness (QED) is 0.536. The lowest BCUT2D eigenvalue weighted by atomic mass is 10.1. The fourth-order valence-electron chi connectivity index (χ4n) is 3.38. The summed E-state index contributed by atoms with van der Waals surface area (Å²) in [6, 6.07) is 19.6. The Morgan fingerprint density at radius 3 is 2.45 bits per heavy atom. The molecule has 148 valence electrons. The SMILES string of the molecule is COc1cc2ccccc2cc1C(=O)N/N=C\c1ccc(N2CCOCC2)cc1. The van der Waals surface area contributed by atoms with E-state index in [4.69, 9.17) is 9.47 Å². The van der Waals surface area contributed by atoms with Gasteiger partial charge in [0.25, 0.3) is 5.91 Å². The van der Waals surface area contributed by atoms with E-state index in [1.807, 2.05) is 48.5 Å². The van der Waals surface area contributed by atoms with Crippen molar-refractivity contribution in [3.05, 3.63) is 71.8 Å². The van der Waals surface area contributed by atoms with E-state index in [0.29, 0.717) is 11.3 Å². The highest BCUT2D eigenvalue weighted by Crippen LogP contribution is 2.25. The average molecular weight is 389 g/mol. The molecular weight excluding hydrogens is 366 g/mol. The molecule has 3 aromatic carbocycles. The Morgan fingerprint density at radius 2 is 1.76 bits per heavy atom. The molecule has 6 heteroatoms. The molecule has 1 amide bonds. The van der Waals surface area contributed by atoms with Crippen LogP contribution in [-0.2, 0) is 4.74 Å². The molecule has 0 radical (unpaired) electrons. The topological polar surface area (TPSA) is 63.2 Å². The van der Waals surface area contributed by atoms with Gasteiger partial charge in [0.1, 0.15) is 5.75 Å². The molecule has 1 aliphatic heterocycles. The van der Waals surface area contributed by atoms with Gasteiger partial charge in [-0.25, -0.2) is 5.43 Å². The minimum atomic E-state index is -0.311. The van der Waals surface area contributed by atoms with Crippen LogP contribution in [0, 0.1) is 0 Å². The molecule has 1 N–H and O–H groups in total. The monoisotopic (exact) mass is 389 g/mol. The number of methoxy groups -OCH3 is 1. The number of fused-ring (bicyclic) bond motifs is 1. The van der Waals surface area contributed by atoms with Crippen molar-refractivity contribution >= 4 is 28.6 Å². The number of anilines is 1. The number of morpholine rings is 1. The van der Waals surface area contributed by atoms with Crippen molar-refractivity contribution in [1.82, 2.24) is 5.43 Å². The van der Waals surface area contributed by atoms with E-state index in [-0.39, 0.29) is 5.91 Å². The van der Waals surface area contributed by atoms with Crippen LogP contribution in [0.2, 0.25) is 0 Å². The Bertz CT molecular complexity index is 1030. The van der Waals surface area contributed by atoms with Gasteiger partial charge >= 0.3 is 0 Å². The van der Waals surface area contributed by atoms with Crippen molar-refractivity contribution in [2.75, 3.05) is 38.3 Å². The van der Waals surface area contributed by atoms with Crippen LogP contribution in [0.1, 0.15) is 15.9 Å². The highest BCUT2D eigenvalue weighted by molar-refractivity contribution is 6.02. The van der Waals surface area contributed by atoms with Crippen LogP contribution in [0.4, 0.5) is 5.69 Å². The zero-order valence-electron chi connectivity index (χ0n) is 16.3. The molecule has 0 unspecified atom stereocenters. The van der Waals surface area contributed by atoms with Gasteiger partial charge in [-0.3, -0.25) is 4.79 Å². The van der Waals surface area contributed by atoms with Gasteiger partial charge < -0.3 is 14.4 Å². The van der Waals surface area contributed by atoms with E-state index in [1.165, 1.54) is 0 Å². The van der Waals surface area contributed by atoms with Crippen LogP contribution in [0.5, 0.6) is 5.75 Å². The van der Waals surface area contributed by atoms with Gasteiger partial charge in [-0.15, -0.1) is 0 Å². The van der Waals surface area contributed by atoms with Gasteiger partial charge in [-0.2, -0.15) is 5.10 Å². The molecule has 0 spiro atoms. The molecule has 0 saturated carbocycles. The molecule has 1 aliphatic rings. The number of carbonyl (C=O) groups is 1. The Kier molecular flexibility index (Phi) is 5.72. The Labute approximate surface area is 169 Å². The average Bonchev–Trinajstić information content (AvgIpc) is 2.79. The van der Waals surface area contributed by atoms with Gasteiger partial charge in [-0.05, 0) is 40.6 Å². The Morgan fingerprint density at radius 1 is 1.07 bits per heavy atom. The first-order valence-electron chi connectivity index (χ1n) is 9.57. The van der Waals surface area contributed by atoms with E-state index in [9.17, 15) is 4.79 Å². The molecule has 0 aliphatic carbocycles. The number of benzene rings is 3. The van der Waals surface area contributed by atoms with Gasteiger partial charge in [0.2, 0.25) is 0 Å². The van der Waals surface area contributed by atoms with Crippen molar-refractivity contribution in [2.24, 2.45) is 5.10 Å². The van der Waals surface area contributed by atoms with Crippen LogP contribution < -0.4 is 15.1 Å². The van der Waals surface area contributed by atoms with Crippen LogP contribution >= 0.6 is 0 Å². The maximum absolute atomic E-state index is 12.6. The lowest BCUT2D eigenvalue weighted by Gasteiger charge is -2.28. The van der Waals surface area contributed by atoms with Crippen molar-refractivity contribution in [3.63, 3.8) is 0 Å². The second kappa shape index (κ2) is 8.75. The van der Waals surface area contributed by atoms with Crippen molar-refractivity contribution in [3.8, 4) is 5.75 Å². The summed E-state index contributed by atoms with van der Waals surface area (Å²) >= 11 is 0. The first-order chi connectivity index (χ1) is 14.2. The van der Waals surface area contributed by atoms with Gasteiger partial charge in [0.15, 0.2) is 0 Å². The number of hydrogen-bond donors (Lipinski definition) is 1. The summed E-state index contributed by atoms with van der Waals surface area (Å²) in [6.07, 6.45) is 1.63. The van der Waals surface area contributed by atoms with Crippen molar-refractivity contribution < 1.29 is 14.3 Å². The summed E-state index contributed by atoms with van der Waals surface area (Å²) in [4.78, 5) is 14.9. The van der Waals surface area contributed by atoms with Crippen LogP contribution in [0.25, 0.3) is 10.8 Å². The van der Waals surface area contributed by atoms with E-state index >= 15 is 0 Å². The van der Waals surface area contributed by atoms with Crippen molar-refractivity contribution in [1.29, 1.82) is 0 Å². The summed E-state index contributed by atoms with van der Waals surface area (Å²) in [7, 11) is 1.56. The largest absolute Gasteiger partial charge is 0.496 e. The molecule has 1 fully saturated rings. The Hall–Kier alpha value is -3.38. The maximum Gasteiger partial charge on any atom is 0.275 e. The summed E-state index contributed by atoms with van der Waals surface area (Å²) in [5, 5.41) is 6.09. The predicted octanol–water partition coefficient (Wildman–Crippen LogP) is 3.45. The Balaban J connectivity index is 1.44. The molecule has 0 bridgehead atoms. The number of hydrogen-bond acceptors (Lipinski definition) is 5. The molecule has 29 heavy (non-hydrogen) atoms. The number of amides is 1. The minimum Gasteiger partial charge on any atom is -0.496 e. The molecule has 3 aromatic rings. The maximum atomic E-state index is 12.6. The highest BCUT2D eigenvalue weighted by Gasteiger charge is 2.13. The third kappa shape index (κ3) is 4.38. The van der Waals surface area contributed by atoms with Gasteiger partial charge in [-0.1, -0.05) is 36.4 Å². The second-order valence-corrected chi connectivity index (χ2v) is 6.79.